The van der Waals surface area contributed by atoms with Crippen LogP contribution in [0.15, 0.2) is 29.6 Å². The molecule has 2 aromatic rings. The normalized spacial score (nSPS) is 13.2. The third kappa shape index (κ3) is 5.01. The number of hydrogen-bond acceptors (Lipinski definition) is 6. The molecule has 7 nitrogen and oxygen atoms in total. The topological polar surface area (TPSA) is 97.4 Å². The molecule has 1 fully saturated rings. The Morgan fingerprint density at radius 3 is 2.84 bits per heavy atom. The van der Waals surface area contributed by atoms with E-state index < -0.39 is 24.5 Å². The van der Waals surface area contributed by atoms with Crippen molar-refractivity contribution < 1.29 is 19.1 Å². The van der Waals surface area contributed by atoms with Gasteiger partial charge in [0.2, 0.25) is 0 Å². The second-order valence-electron chi connectivity index (χ2n) is 5.42. The highest BCUT2D eigenvalue weighted by molar-refractivity contribution is 7.13. The number of imide groups is 1. The molecule has 130 valence electrons. The maximum atomic E-state index is 11.9. The van der Waals surface area contributed by atoms with Crippen LogP contribution >= 0.6 is 22.9 Å². The number of carbonyl (C=O) groups is 3. The molecular formula is C16H14ClN3O4S. The first-order valence-electron chi connectivity index (χ1n) is 7.50. The molecule has 0 atom stereocenters. The van der Waals surface area contributed by atoms with Gasteiger partial charge in [0.15, 0.2) is 12.3 Å². The third-order valence-corrected chi connectivity index (χ3v) is 4.41. The largest absolute Gasteiger partial charge is 0.451 e. The molecule has 1 aliphatic carbocycles. The number of amides is 3. The molecule has 0 aliphatic heterocycles. The lowest BCUT2D eigenvalue weighted by Crippen LogP contribution is -2.42. The lowest BCUT2D eigenvalue weighted by atomic mass is 10.2. The molecule has 0 spiro atoms. The molecule has 25 heavy (non-hydrogen) atoms. The molecule has 0 saturated heterocycles. The standard InChI is InChI=1S/C16H14ClN3O4S/c17-10-3-1-2-9(6-10)14-19-12(8-25-14)15(22)24-7-13(21)20-16(23)18-11-4-5-11/h1-3,6,8,11H,4-5,7H2,(H2,18,20,21,23). The number of thiazole rings is 1. The van der Waals surface area contributed by atoms with Gasteiger partial charge < -0.3 is 10.1 Å². The molecule has 9 heteroatoms. The van der Waals surface area contributed by atoms with E-state index in [0.717, 1.165) is 18.4 Å². The molecule has 0 radical (unpaired) electrons. The Bertz CT molecular complexity index is 819. The van der Waals surface area contributed by atoms with E-state index in [0.29, 0.717) is 10.0 Å². The molecule has 1 aromatic carbocycles. The zero-order chi connectivity index (χ0) is 17.8. The maximum absolute atomic E-state index is 11.9. The van der Waals surface area contributed by atoms with Crippen LogP contribution in [0.2, 0.25) is 5.02 Å². The van der Waals surface area contributed by atoms with Gasteiger partial charge >= 0.3 is 12.0 Å². The monoisotopic (exact) mass is 379 g/mol. The first-order chi connectivity index (χ1) is 12.0. The average molecular weight is 380 g/mol. The summed E-state index contributed by atoms with van der Waals surface area (Å²) in [6.07, 6.45) is 1.82. The van der Waals surface area contributed by atoms with E-state index in [1.54, 1.807) is 18.2 Å². The van der Waals surface area contributed by atoms with Gasteiger partial charge in [-0.3, -0.25) is 10.1 Å². The van der Waals surface area contributed by atoms with Crippen LogP contribution in [0.5, 0.6) is 0 Å². The fourth-order valence-corrected chi connectivity index (χ4v) is 2.92. The highest BCUT2D eigenvalue weighted by Gasteiger charge is 2.24. The molecule has 1 heterocycles. The molecule has 1 aliphatic rings. The summed E-state index contributed by atoms with van der Waals surface area (Å²) in [5.74, 6) is -1.43. The smallest absolute Gasteiger partial charge is 0.358 e. The minimum Gasteiger partial charge on any atom is -0.451 e. The van der Waals surface area contributed by atoms with Gasteiger partial charge in [0.25, 0.3) is 5.91 Å². The Balaban J connectivity index is 1.51. The van der Waals surface area contributed by atoms with E-state index in [-0.39, 0.29) is 11.7 Å². The van der Waals surface area contributed by atoms with Crippen LogP contribution in [0.4, 0.5) is 4.79 Å². The summed E-state index contributed by atoms with van der Waals surface area (Å²) in [6.45, 7) is -0.555. The molecule has 3 rings (SSSR count). The van der Waals surface area contributed by atoms with E-state index in [1.807, 2.05) is 6.07 Å². The fraction of sp³-hybridized carbons (Fsp3) is 0.250. The van der Waals surface area contributed by atoms with E-state index >= 15 is 0 Å². The molecule has 1 saturated carbocycles. The van der Waals surface area contributed by atoms with E-state index in [2.05, 4.69) is 15.6 Å². The molecule has 2 N–H and O–H groups in total. The summed E-state index contributed by atoms with van der Waals surface area (Å²) < 4.78 is 4.87. The Morgan fingerprint density at radius 1 is 1.32 bits per heavy atom. The van der Waals surface area contributed by atoms with Gasteiger partial charge in [-0.2, -0.15) is 0 Å². The quantitative estimate of drug-likeness (QED) is 0.778. The highest BCUT2D eigenvalue weighted by atomic mass is 35.5. The summed E-state index contributed by atoms with van der Waals surface area (Å²) in [5, 5.41) is 7.41. The molecular weight excluding hydrogens is 366 g/mol. The summed E-state index contributed by atoms with van der Waals surface area (Å²) >= 11 is 7.20. The van der Waals surface area contributed by atoms with Gasteiger partial charge in [-0.25, -0.2) is 14.6 Å². The zero-order valence-electron chi connectivity index (χ0n) is 13.0. The minimum absolute atomic E-state index is 0.0928. The lowest BCUT2D eigenvalue weighted by Gasteiger charge is -2.05. The van der Waals surface area contributed by atoms with Crippen LogP contribution in [0.25, 0.3) is 10.6 Å². The van der Waals surface area contributed by atoms with Crippen LogP contribution in [0.3, 0.4) is 0 Å². The number of hydrogen-bond donors (Lipinski definition) is 2. The summed E-state index contributed by atoms with van der Waals surface area (Å²) in [6, 6.07) is 6.64. The Labute approximate surface area is 152 Å². The number of urea groups is 1. The fourth-order valence-electron chi connectivity index (χ4n) is 1.94. The van der Waals surface area contributed by atoms with Crippen molar-refractivity contribution in [2.45, 2.75) is 18.9 Å². The van der Waals surface area contributed by atoms with E-state index in [4.69, 9.17) is 16.3 Å². The Kier molecular flexibility index (Phi) is 5.30. The Morgan fingerprint density at radius 2 is 2.12 bits per heavy atom. The number of halogens is 1. The molecule has 3 amide bonds. The number of rotatable bonds is 5. The van der Waals surface area contributed by atoms with Crippen molar-refractivity contribution in [3.05, 3.63) is 40.4 Å². The Hall–Kier alpha value is -2.45. The van der Waals surface area contributed by atoms with Crippen molar-refractivity contribution in [1.29, 1.82) is 0 Å². The van der Waals surface area contributed by atoms with Crippen LogP contribution < -0.4 is 10.6 Å². The predicted octanol–water partition coefficient (Wildman–Crippen LogP) is 2.61. The predicted molar refractivity (Wildman–Crippen MR) is 92.5 cm³/mol. The van der Waals surface area contributed by atoms with E-state index in [9.17, 15) is 14.4 Å². The second-order valence-corrected chi connectivity index (χ2v) is 6.71. The van der Waals surface area contributed by atoms with E-state index in [1.165, 1.54) is 16.7 Å². The van der Waals surface area contributed by atoms with Crippen molar-refractivity contribution >= 4 is 40.8 Å². The van der Waals surface area contributed by atoms with Crippen molar-refractivity contribution in [1.82, 2.24) is 15.6 Å². The second kappa shape index (κ2) is 7.62. The first kappa shape index (κ1) is 17.4. The number of esters is 1. The lowest BCUT2D eigenvalue weighted by molar-refractivity contribution is -0.123. The summed E-state index contributed by atoms with van der Waals surface area (Å²) in [4.78, 5) is 39.1. The number of nitrogens with one attached hydrogen (secondary N) is 2. The van der Waals surface area contributed by atoms with Gasteiger partial charge in [0.05, 0.1) is 0 Å². The number of benzene rings is 1. The third-order valence-electron chi connectivity index (χ3n) is 3.28. The minimum atomic E-state index is -0.734. The number of carbonyl (C=O) groups excluding carboxylic acids is 3. The van der Waals surface area contributed by atoms with Crippen molar-refractivity contribution in [3.63, 3.8) is 0 Å². The molecule has 0 bridgehead atoms. The average Bonchev–Trinajstić information content (AvgIpc) is 3.24. The van der Waals surface area contributed by atoms with Crippen molar-refractivity contribution in [3.8, 4) is 10.6 Å². The maximum Gasteiger partial charge on any atom is 0.358 e. The number of ether oxygens (including phenoxy) is 1. The van der Waals surface area contributed by atoms with Crippen LogP contribution in [-0.2, 0) is 9.53 Å². The summed E-state index contributed by atoms with van der Waals surface area (Å²) in [5.41, 5.74) is 0.876. The van der Waals surface area contributed by atoms with Gasteiger partial charge in [0, 0.05) is 22.0 Å². The van der Waals surface area contributed by atoms with Gasteiger partial charge in [-0.1, -0.05) is 23.7 Å². The highest BCUT2D eigenvalue weighted by Crippen LogP contribution is 2.26. The van der Waals surface area contributed by atoms with Crippen LogP contribution in [0, 0.1) is 0 Å². The SMILES string of the molecule is O=C(COC(=O)c1csc(-c2cccc(Cl)c2)n1)NC(=O)NC1CC1. The first-order valence-corrected chi connectivity index (χ1v) is 8.76. The molecule has 0 unspecified atom stereocenters. The van der Waals surface area contributed by atoms with Crippen LogP contribution in [0.1, 0.15) is 23.3 Å². The van der Waals surface area contributed by atoms with Gasteiger partial charge in [-0.15, -0.1) is 11.3 Å². The number of aromatic nitrogens is 1. The van der Waals surface area contributed by atoms with Crippen molar-refractivity contribution in [2.24, 2.45) is 0 Å². The van der Waals surface area contributed by atoms with Crippen molar-refractivity contribution in [2.75, 3.05) is 6.61 Å². The molecule has 1 aromatic heterocycles. The van der Waals surface area contributed by atoms with Gasteiger partial charge in [0.1, 0.15) is 5.01 Å². The zero-order valence-corrected chi connectivity index (χ0v) is 14.5. The summed E-state index contributed by atoms with van der Waals surface area (Å²) in [7, 11) is 0. The van der Waals surface area contributed by atoms with Crippen LogP contribution in [-0.4, -0.2) is 35.5 Å². The van der Waals surface area contributed by atoms with Gasteiger partial charge in [-0.05, 0) is 25.0 Å². The number of nitrogens with zero attached hydrogens (tertiary/aromatic N) is 1.